The monoisotopic (exact) mass is 220 g/mol. The number of ether oxygens (including phenoxy) is 2. The number of nitrogens with one attached hydrogen (secondary N) is 1. The molecule has 1 atom stereocenters. The van der Waals surface area contributed by atoms with Gasteiger partial charge in [0.25, 0.3) is 0 Å². The van der Waals surface area contributed by atoms with Crippen LogP contribution >= 0.6 is 0 Å². The normalized spacial score (nSPS) is 11.4. The predicted molar refractivity (Wildman–Crippen MR) is 62.9 cm³/mol. The molecule has 0 saturated heterocycles. The molecule has 0 amide bonds. The van der Waals surface area contributed by atoms with Crippen molar-refractivity contribution in [1.29, 1.82) is 5.26 Å². The lowest BCUT2D eigenvalue weighted by Crippen LogP contribution is -2.14. The molecule has 0 radical (unpaired) electrons. The molecule has 1 unspecified atom stereocenters. The van der Waals surface area contributed by atoms with Crippen LogP contribution in [0.4, 0.5) is 5.69 Å². The smallest absolute Gasteiger partial charge is 0.142 e. The van der Waals surface area contributed by atoms with Crippen molar-refractivity contribution in [2.45, 2.75) is 19.4 Å². The molecule has 0 aromatic heterocycles. The summed E-state index contributed by atoms with van der Waals surface area (Å²) in [6.45, 7) is 1.95. The van der Waals surface area contributed by atoms with Crippen molar-refractivity contribution in [2.75, 3.05) is 19.5 Å². The van der Waals surface area contributed by atoms with Gasteiger partial charge in [0.15, 0.2) is 0 Å². The van der Waals surface area contributed by atoms with Gasteiger partial charge in [-0.1, -0.05) is 0 Å². The second-order valence-electron chi connectivity index (χ2n) is 3.47. The highest BCUT2D eigenvalue weighted by Crippen LogP contribution is 2.29. The van der Waals surface area contributed by atoms with Gasteiger partial charge in [-0.3, -0.25) is 0 Å². The Bertz CT molecular complexity index is 385. The molecule has 16 heavy (non-hydrogen) atoms. The summed E-state index contributed by atoms with van der Waals surface area (Å²) in [5.41, 5.74) is 0.838. The van der Waals surface area contributed by atoms with Gasteiger partial charge in [0.1, 0.15) is 11.5 Å². The SMILES string of the molecule is COc1ccc(OC)c(NC(C)CC#N)c1. The van der Waals surface area contributed by atoms with E-state index < -0.39 is 0 Å². The molecule has 0 spiro atoms. The van der Waals surface area contributed by atoms with E-state index in [9.17, 15) is 0 Å². The van der Waals surface area contributed by atoms with Crippen LogP contribution in [-0.2, 0) is 0 Å². The molecule has 0 bridgehead atoms. The fourth-order valence-corrected chi connectivity index (χ4v) is 1.38. The van der Waals surface area contributed by atoms with Crippen molar-refractivity contribution in [1.82, 2.24) is 0 Å². The molecule has 0 aliphatic heterocycles. The van der Waals surface area contributed by atoms with Crippen LogP contribution in [0.3, 0.4) is 0 Å². The minimum atomic E-state index is 0.0750. The van der Waals surface area contributed by atoms with Gasteiger partial charge in [0, 0.05) is 12.1 Å². The maximum Gasteiger partial charge on any atom is 0.142 e. The van der Waals surface area contributed by atoms with Gasteiger partial charge < -0.3 is 14.8 Å². The molecule has 0 fully saturated rings. The number of anilines is 1. The molecule has 0 saturated carbocycles. The van der Waals surface area contributed by atoms with E-state index in [1.807, 2.05) is 25.1 Å². The summed E-state index contributed by atoms with van der Waals surface area (Å²) in [5.74, 6) is 1.50. The molecule has 4 heteroatoms. The third kappa shape index (κ3) is 3.06. The van der Waals surface area contributed by atoms with E-state index in [0.717, 1.165) is 17.2 Å². The van der Waals surface area contributed by atoms with Crippen LogP contribution in [0.25, 0.3) is 0 Å². The Morgan fingerprint density at radius 1 is 1.38 bits per heavy atom. The molecular weight excluding hydrogens is 204 g/mol. The third-order valence-corrected chi connectivity index (χ3v) is 2.21. The highest BCUT2D eigenvalue weighted by atomic mass is 16.5. The summed E-state index contributed by atoms with van der Waals surface area (Å²) in [7, 11) is 3.23. The first-order valence-electron chi connectivity index (χ1n) is 5.06. The van der Waals surface area contributed by atoms with Gasteiger partial charge in [-0.05, 0) is 19.1 Å². The van der Waals surface area contributed by atoms with E-state index in [-0.39, 0.29) is 6.04 Å². The Morgan fingerprint density at radius 3 is 2.69 bits per heavy atom. The summed E-state index contributed by atoms with van der Waals surface area (Å²) in [5, 5.41) is 11.8. The minimum Gasteiger partial charge on any atom is -0.497 e. The molecule has 1 aromatic carbocycles. The second-order valence-corrected chi connectivity index (χ2v) is 3.47. The number of hydrogen-bond donors (Lipinski definition) is 1. The molecule has 1 N–H and O–H groups in total. The Balaban J connectivity index is 2.87. The van der Waals surface area contributed by atoms with E-state index in [2.05, 4.69) is 11.4 Å². The summed E-state index contributed by atoms with van der Waals surface area (Å²) >= 11 is 0. The standard InChI is InChI=1S/C12H16N2O2/c1-9(6-7-13)14-11-8-10(15-2)4-5-12(11)16-3/h4-5,8-9,14H,6H2,1-3H3. The van der Waals surface area contributed by atoms with Crippen molar-refractivity contribution in [3.63, 3.8) is 0 Å². The fourth-order valence-electron chi connectivity index (χ4n) is 1.38. The topological polar surface area (TPSA) is 54.3 Å². The van der Waals surface area contributed by atoms with Crippen LogP contribution in [0.5, 0.6) is 11.5 Å². The van der Waals surface area contributed by atoms with Crippen LogP contribution in [0.2, 0.25) is 0 Å². The van der Waals surface area contributed by atoms with Gasteiger partial charge in [0.05, 0.1) is 32.4 Å². The first kappa shape index (κ1) is 12.2. The highest BCUT2D eigenvalue weighted by molar-refractivity contribution is 5.60. The number of rotatable bonds is 5. The lowest BCUT2D eigenvalue weighted by molar-refractivity contribution is 0.404. The van der Waals surface area contributed by atoms with E-state index in [1.165, 1.54) is 0 Å². The van der Waals surface area contributed by atoms with Gasteiger partial charge in [-0.15, -0.1) is 0 Å². The van der Waals surface area contributed by atoms with Crippen molar-refractivity contribution in [3.8, 4) is 17.6 Å². The zero-order valence-corrected chi connectivity index (χ0v) is 9.78. The van der Waals surface area contributed by atoms with Crippen LogP contribution in [0, 0.1) is 11.3 Å². The van der Waals surface area contributed by atoms with E-state index in [1.54, 1.807) is 14.2 Å². The van der Waals surface area contributed by atoms with Gasteiger partial charge in [-0.2, -0.15) is 5.26 Å². The molecule has 0 heterocycles. The van der Waals surface area contributed by atoms with Crippen LogP contribution in [0.15, 0.2) is 18.2 Å². The lowest BCUT2D eigenvalue weighted by atomic mass is 10.2. The van der Waals surface area contributed by atoms with Crippen LogP contribution in [-0.4, -0.2) is 20.3 Å². The average molecular weight is 220 g/mol. The molecule has 1 aromatic rings. The number of benzene rings is 1. The summed E-state index contributed by atoms with van der Waals surface area (Å²) in [6.07, 6.45) is 0.445. The molecule has 86 valence electrons. The molecule has 1 rings (SSSR count). The quantitative estimate of drug-likeness (QED) is 0.828. The number of hydrogen-bond acceptors (Lipinski definition) is 4. The van der Waals surface area contributed by atoms with Gasteiger partial charge in [0.2, 0.25) is 0 Å². The second kappa shape index (κ2) is 5.86. The van der Waals surface area contributed by atoms with Crippen molar-refractivity contribution in [2.24, 2.45) is 0 Å². The number of methoxy groups -OCH3 is 2. The maximum atomic E-state index is 8.60. The summed E-state index contributed by atoms with van der Waals surface area (Å²) in [6, 6.07) is 7.71. The van der Waals surface area contributed by atoms with Crippen molar-refractivity contribution >= 4 is 5.69 Å². The Hall–Kier alpha value is -1.89. The van der Waals surface area contributed by atoms with Crippen LogP contribution in [0.1, 0.15) is 13.3 Å². The summed E-state index contributed by atoms with van der Waals surface area (Å²) in [4.78, 5) is 0. The largest absolute Gasteiger partial charge is 0.497 e. The first-order valence-corrected chi connectivity index (χ1v) is 5.06. The lowest BCUT2D eigenvalue weighted by Gasteiger charge is -2.16. The summed E-state index contributed by atoms with van der Waals surface area (Å²) < 4.78 is 10.4. The average Bonchev–Trinajstić information content (AvgIpc) is 2.29. The number of nitrogens with zero attached hydrogens (tertiary/aromatic N) is 1. The molecular formula is C12H16N2O2. The van der Waals surface area contributed by atoms with Crippen LogP contribution < -0.4 is 14.8 Å². The minimum absolute atomic E-state index is 0.0750. The Labute approximate surface area is 95.8 Å². The molecule has 4 nitrogen and oxygen atoms in total. The number of nitriles is 1. The maximum absolute atomic E-state index is 8.60. The highest BCUT2D eigenvalue weighted by Gasteiger charge is 2.07. The van der Waals surface area contributed by atoms with Gasteiger partial charge in [-0.25, -0.2) is 0 Å². The van der Waals surface area contributed by atoms with E-state index in [4.69, 9.17) is 14.7 Å². The zero-order chi connectivity index (χ0) is 12.0. The van der Waals surface area contributed by atoms with Crippen molar-refractivity contribution in [3.05, 3.63) is 18.2 Å². The first-order chi connectivity index (χ1) is 7.71. The predicted octanol–water partition coefficient (Wildman–Crippen LogP) is 2.42. The van der Waals surface area contributed by atoms with E-state index >= 15 is 0 Å². The Morgan fingerprint density at radius 2 is 2.12 bits per heavy atom. The fraction of sp³-hybridized carbons (Fsp3) is 0.417. The molecule has 0 aliphatic carbocycles. The zero-order valence-electron chi connectivity index (χ0n) is 9.78. The molecule has 0 aliphatic rings. The van der Waals surface area contributed by atoms with Crippen molar-refractivity contribution < 1.29 is 9.47 Å². The Kier molecular flexibility index (Phi) is 4.46. The van der Waals surface area contributed by atoms with E-state index in [0.29, 0.717) is 6.42 Å². The van der Waals surface area contributed by atoms with Gasteiger partial charge >= 0.3 is 0 Å². The third-order valence-electron chi connectivity index (χ3n) is 2.21.